The van der Waals surface area contributed by atoms with E-state index in [0.29, 0.717) is 19.6 Å². The van der Waals surface area contributed by atoms with Crippen molar-refractivity contribution in [3.63, 3.8) is 0 Å². The van der Waals surface area contributed by atoms with Gasteiger partial charge >= 0.3 is 20.5 Å². The van der Waals surface area contributed by atoms with Crippen LogP contribution >= 0.6 is 8.60 Å². The van der Waals surface area contributed by atoms with E-state index in [2.05, 4.69) is 10.6 Å². The SMILES string of the molecule is CC(C)(C)C(=O)OCOP1OCCC(C)(C)C(C(=O)NCCC(=O)OC2CCNC2)O1. The van der Waals surface area contributed by atoms with Crippen molar-refractivity contribution in [3.8, 4) is 0 Å². The predicted octanol–water partition coefficient (Wildman–Crippen LogP) is 2.02. The fourth-order valence-corrected chi connectivity index (χ4v) is 4.07. The summed E-state index contributed by atoms with van der Waals surface area (Å²) in [6.45, 7) is 10.7. The number of esters is 2. The number of carbonyl (C=O) groups is 3. The Hall–Kier alpha value is -1.32. The molecule has 0 saturated carbocycles. The van der Waals surface area contributed by atoms with Gasteiger partial charge in [0.15, 0.2) is 0 Å². The predicted molar refractivity (Wildman–Crippen MR) is 113 cm³/mol. The fourth-order valence-electron chi connectivity index (χ4n) is 2.94. The molecule has 2 heterocycles. The van der Waals surface area contributed by atoms with Crippen LogP contribution in [0.5, 0.6) is 0 Å². The summed E-state index contributed by atoms with van der Waals surface area (Å²) < 4.78 is 27.2. The number of hydrogen-bond acceptors (Lipinski definition) is 9. The van der Waals surface area contributed by atoms with Gasteiger partial charge in [-0.05, 0) is 40.2 Å². The van der Waals surface area contributed by atoms with Crippen LogP contribution in [0.1, 0.15) is 53.9 Å². The average molecular weight is 462 g/mol. The Bertz CT molecular complexity index is 631. The van der Waals surface area contributed by atoms with E-state index < -0.39 is 31.5 Å². The molecule has 10 nitrogen and oxygen atoms in total. The minimum Gasteiger partial charge on any atom is -0.461 e. The Labute approximate surface area is 185 Å². The first-order chi connectivity index (χ1) is 14.5. The Morgan fingerprint density at radius 3 is 2.65 bits per heavy atom. The van der Waals surface area contributed by atoms with Gasteiger partial charge < -0.3 is 24.6 Å². The van der Waals surface area contributed by atoms with Gasteiger partial charge in [0.1, 0.15) is 12.2 Å². The summed E-state index contributed by atoms with van der Waals surface area (Å²) in [7, 11) is -1.87. The Balaban J connectivity index is 1.80. The minimum atomic E-state index is -1.87. The van der Waals surface area contributed by atoms with E-state index in [9.17, 15) is 14.4 Å². The van der Waals surface area contributed by atoms with Gasteiger partial charge in [-0.25, -0.2) is 0 Å². The van der Waals surface area contributed by atoms with Crippen molar-refractivity contribution < 1.29 is 37.4 Å². The lowest BCUT2D eigenvalue weighted by Crippen LogP contribution is -2.45. The third-order valence-corrected chi connectivity index (χ3v) is 6.08. The highest BCUT2D eigenvalue weighted by molar-refractivity contribution is 7.41. The van der Waals surface area contributed by atoms with E-state index >= 15 is 0 Å². The molecule has 2 fully saturated rings. The van der Waals surface area contributed by atoms with Gasteiger partial charge in [-0.15, -0.1) is 0 Å². The van der Waals surface area contributed by atoms with Crippen LogP contribution in [0.15, 0.2) is 0 Å². The highest BCUT2D eigenvalue weighted by Gasteiger charge is 2.41. The maximum absolute atomic E-state index is 12.8. The smallest absolute Gasteiger partial charge is 0.336 e. The standard InChI is InChI=1S/C20H35N2O8P/c1-19(2,3)18(25)26-13-28-31-27-11-8-20(4,5)16(30-31)17(24)22-10-7-15(23)29-14-6-9-21-12-14/h14,16,21H,6-13H2,1-5H3,(H,22,24). The van der Waals surface area contributed by atoms with E-state index in [-0.39, 0.29) is 37.7 Å². The van der Waals surface area contributed by atoms with Gasteiger partial charge in [0.05, 0.1) is 18.4 Å². The van der Waals surface area contributed by atoms with Crippen molar-refractivity contribution in [2.24, 2.45) is 10.8 Å². The summed E-state index contributed by atoms with van der Waals surface area (Å²) in [6, 6.07) is 0. The van der Waals surface area contributed by atoms with Crippen LogP contribution < -0.4 is 10.6 Å². The van der Waals surface area contributed by atoms with Crippen LogP contribution in [-0.4, -0.2) is 63.1 Å². The van der Waals surface area contributed by atoms with Crippen molar-refractivity contribution in [3.05, 3.63) is 0 Å². The molecule has 3 unspecified atom stereocenters. The summed E-state index contributed by atoms with van der Waals surface area (Å²) >= 11 is 0. The van der Waals surface area contributed by atoms with Gasteiger partial charge in [0.25, 0.3) is 0 Å². The molecule has 178 valence electrons. The fraction of sp³-hybridized carbons (Fsp3) is 0.850. The summed E-state index contributed by atoms with van der Waals surface area (Å²) in [6.07, 6.45) is 0.523. The number of ether oxygens (including phenoxy) is 2. The third kappa shape index (κ3) is 8.61. The third-order valence-electron chi connectivity index (χ3n) is 4.98. The van der Waals surface area contributed by atoms with Gasteiger partial charge in [-0.3, -0.25) is 23.4 Å². The van der Waals surface area contributed by atoms with Crippen LogP contribution in [0.3, 0.4) is 0 Å². The van der Waals surface area contributed by atoms with E-state index in [0.717, 1.165) is 13.0 Å². The maximum Gasteiger partial charge on any atom is 0.336 e. The Kier molecular flexibility index (Phi) is 9.64. The van der Waals surface area contributed by atoms with Crippen LogP contribution in [0.25, 0.3) is 0 Å². The zero-order valence-corrected chi connectivity index (χ0v) is 19.9. The van der Waals surface area contributed by atoms with E-state index in [1.54, 1.807) is 20.8 Å². The van der Waals surface area contributed by atoms with Crippen molar-refractivity contribution in [2.75, 3.05) is 33.0 Å². The van der Waals surface area contributed by atoms with Crippen molar-refractivity contribution in [1.29, 1.82) is 0 Å². The van der Waals surface area contributed by atoms with Crippen LogP contribution in [-0.2, 0) is 37.4 Å². The Morgan fingerprint density at radius 1 is 1.26 bits per heavy atom. The van der Waals surface area contributed by atoms with Crippen LogP contribution in [0.2, 0.25) is 0 Å². The first kappa shape index (κ1) is 25.9. The molecule has 2 aliphatic heterocycles. The second kappa shape index (κ2) is 11.5. The van der Waals surface area contributed by atoms with Gasteiger partial charge in [0, 0.05) is 18.5 Å². The van der Waals surface area contributed by atoms with Crippen molar-refractivity contribution >= 4 is 26.4 Å². The summed E-state index contributed by atoms with van der Waals surface area (Å²) in [4.78, 5) is 36.5. The molecule has 0 aromatic heterocycles. The lowest BCUT2D eigenvalue weighted by molar-refractivity contribution is -0.160. The molecule has 2 aliphatic rings. The molecule has 2 saturated heterocycles. The second-order valence-corrected chi connectivity index (χ2v) is 10.5. The molecule has 0 aromatic rings. The molecular formula is C20H35N2O8P. The first-order valence-corrected chi connectivity index (χ1v) is 11.7. The summed E-state index contributed by atoms with van der Waals surface area (Å²) in [5.74, 6) is -1.11. The molecular weight excluding hydrogens is 427 g/mol. The Morgan fingerprint density at radius 2 is 2.00 bits per heavy atom. The normalized spacial score (nSPS) is 26.0. The second-order valence-electron chi connectivity index (χ2n) is 9.36. The minimum absolute atomic E-state index is 0.0832. The largest absolute Gasteiger partial charge is 0.461 e. The van der Waals surface area contributed by atoms with Gasteiger partial charge in [-0.2, -0.15) is 0 Å². The number of nitrogens with one attached hydrogen (secondary N) is 2. The lowest BCUT2D eigenvalue weighted by atomic mass is 9.83. The molecule has 31 heavy (non-hydrogen) atoms. The number of hydrogen-bond donors (Lipinski definition) is 2. The molecule has 1 amide bonds. The summed E-state index contributed by atoms with van der Waals surface area (Å²) in [5, 5.41) is 5.87. The number of rotatable bonds is 8. The maximum atomic E-state index is 12.8. The van der Waals surface area contributed by atoms with Crippen molar-refractivity contribution in [1.82, 2.24) is 10.6 Å². The van der Waals surface area contributed by atoms with Crippen LogP contribution in [0.4, 0.5) is 0 Å². The zero-order chi connectivity index (χ0) is 23.1. The monoisotopic (exact) mass is 462 g/mol. The molecule has 0 aliphatic carbocycles. The van der Waals surface area contributed by atoms with E-state index in [1.165, 1.54) is 0 Å². The highest BCUT2D eigenvalue weighted by atomic mass is 31.2. The topological polar surface area (TPSA) is 121 Å². The lowest BCUT2D eigenvalue weighted by Gasteiger charge is -2.30. The molecule has 2 rings (SSSR count). The molecule has 3 atom stereocenters. The van der Waals surface area contributed by atoms with Gasteiger partial charge in [-0.1, -0.05) is 13.8 Å². The molecule has 11 heteroatoms. The first-order valence-electron chi connectivity index (χ1n) is 10.6. The molecule has 0 bridgehead atoms. The number of carbonyl (C=O) groups excluding carboxylic acids is 3. The molecule has 0 aromatic carbocycles. The van der Waals surface area contributed by atoms with Crippen molar-refractivity contribution in [2.45, 2.75) is 66.1 Å². The highest BCUT2D eigenvalue weighted by Crippen LogP contribution is 2.48. The van der Waals surface area contributed by atoms with E-state index in [4.69, 9.17) is 23.0 Å². The average Bonchev–Trinajstić information content (AvgIpc) is 3.11. The molecule has 2 N–H and O–H groups in total. The summed E-state index contributed by atoms with van der Waals surface area (Å²) in [5.41, 5.74) is -1.16. The zero-order valence-electron chi connectivity index (χ0n) is 19.0. The van der Waals surface area contributed by atoms with Crippen LogP contribution in [0, 0.1) is 10.8 Å². The number of amides is 1. The van der Waals surface area contributed by atoms with Gasteiger partial charge in [0.2, 0.25) is 12.7 Å². The molecule has 0 radical (unpaired) electrons. The quantitative estimate of drug-likeness (QED) is 0.317. The van der Waals surface area contributed by atoms with E-state index in [1.807, 2.05) is 13.8 Å². The molecule has 0 spiro atoms.